The molecular weight excluding hydrogens is 194 g/mol. The molecule has 4 nitrogen and oxygen atoms in total. The number of amides is 1. The van der Waals surface area contributed by atoms with Gasteiger partial charge in [-0.2, -0.15) is 0 Å². The van der Waals surface area contributed by atoms with Crippen LogP contribution in [0.4, 0.5) is 4.79 Å². The molecule has 0 spiro atoms. The van der Waals surface area contributed by atoms with Gasteiger partial charge >= 0.3 is 6.09 Å². The molecular formula is C11H15NO3. The average Bonchev–Trinajstić information content (AvgIpc) is 2.38. The maximum absolute atomic E-state index is 11.2. The highest BCUT2D eigenvalue weighted by atomic mass is 16.6. The van der Waals surface area contributed by atoms with Gasteiger partial charge in [-0.25, -0.2) is 4.79 Å². The summed E-state index contributed by atoms with van der Waals surface area (Å²) in [5, 5.41) is 2.18. The number of carbonyl (C=O) groups excluding carboxylic acids is 1. The van der Waals surface area contributed by atoms with Gasteiger partial charge < -0.3 is 14.8 Å². The Bertz CT molecular complexity index is 527. The molecule has 4 heteroatoms. The van der Waals surface area contributed by atoms with Gasteiger partial charge in [0.1, 0.15) is 0 Å². The molecule has 1 N–H and O–H groups in total. The Morgan fingerprint density at radius 3 is 2.73 bits per heavy atom. The summed E-state index contributed by atoms with van der Waals surface area (Å²) in [4.78, 5) is 11.2. The van der Waals surface area contributed by atoms with Crippen LogP contribution in [0.2, 0.25) is 0 Å². The molecule has 1 rings (SSSR count). The maximum atomic E-state index is 11.2. The normalized spacial score (nSPS) is 19.1. The molecule has 0 saturated heterocycles. The van der Waals surface area contributed by atoms with Crippen molar-refractivity contribution in [1.29, 1.82) is 0 Å². The molecule has 0 aromatic heterocycles. The monoisotopic (exact) mass is 216 g/mol. The lowest BCUT2D eigenvalue weighted by Gasteiger charge is -2.13. The minimum Gasteiger partial charge on any atom is -0.487 e. The minimum absolute atomic E-state index is 0.202. The predicted octanol–water partition coefficient (Wildman–Crippen LogP) is 2.19. The zero-order valence-electron chi connectivity index (χ0n) is 15.0. The third-order valence-corrected chi connectivity index (χ3v) is 1.47. The summed E-state index contributed by atoms with van der Waals surface area (Å²) in [5.74, 6) is -0.541. The Morgan fingerprint density at radius 1 is 1.47 bits per heavy atom. The number of rotatable bonds is 3. The van der Waals surface area contributed by atoms with Crippen molar-refractivity contribution in [3.8, 4) is 11.5 Å². The van der Waals surface area contributed by atoms with Gasteiger partial charge in [-0.05, 0) is 25.8 Å². The Morgan fingerprint density at radius 2 is 2.13 bits per heavy atom. The molecule has 0 aliphatic heterocycles. The molecule has 0 radical (unpaired) electrons. The molecule has 0 aliphatic rings. The van der Waals surface area contributed by atoms with Crippen molar-refractivity contribution in [1.82, 2.24) is 5.32 Å². The van der Waals surface area contributed by atoms with Crippen molar-refractivity contribution < 1.29 is 23.9 Å². The minimum atomic E-state index is -3.25. The summed E-state index contributed by atoms with van der Waals surface area (Å²) >= 11 is 0. The zero-order chi connectivity index (χ0) is 17.2. The fourth-order valence-corrected chi connectivity index (χ4v) is 0.880. The van der Waals surface area contributed by atoms with E-state index >= 15 is 0 Å². The third kappa shape index (κ3) is 3.50. The average molecular weight is 216 g/mol. The number of hydrogen-bond donors (Lipinski definition) is 1. The second-order valence-electron chi connectivity index (χ2n) is 2.52. The Labute approximate surface area is 99.0 Å². The van der Waals surface area contributed by atoms with Crippen LogP contribution in [0.5, 0.6) is 11.5 Å². The van der Waals surface area contributed by atoms with Crippen molar-refractivity contribution in [3.05, 3.63) is 24.3 Å². The Hall–Kier alpha value is -1.71. The van der Waals surface area contributed by atoms with Gasteiger partial charge in [0.2, 0.25) is 0 Å². The molecule has 0 saturated carbocycles. The van der Waals surface area contributed by atoms with Gasteiger partial charge in [-0.3, -0.25) is 0 Å². The van der Waals surface area contributed by atoms with Crippen LogP contribution >= 0.6 is 0 Å². The van der Waals surface area contributed by atoms with Gasteiger partial charge in [0.15, 0.2) is 11.5 Å². The van der Waals surface area contributed by atoms with Crippen LogP contribution < -0.4 is 14.8 Å². The summed E-state index contributed by atoms with van der Waals surface area (Å²) in [5.41, 5.74) is 0. The highest BCUT2D eigenvalue weighted by molar-refractivity contribution is 5.70. The van der Waals surface area contributed by atoms with Gasteiger partial charge in [0.05, 0.1) is 7.45 Å². The third-order valence-electron chi connectivity index (χ3n) is 1.47. The number of hydrogen-bond acceptors (Lipinski definition) is 3. The molecule has 0 fully saturated rings. The number of ether oxygens (including phenoxy) is 2. The highest BCUT2D eigenvalue weighted by Gasteiger charge is 2.09. The van der Waals surface area contributed by atoms with Crippen LogP contribution in [0.1, 0.15) is 23.3 Å². The highest BCUT2D eigenvalue weighted by Crippen LogP contribution is 2.27. The van der Waals surface area contributed by atoms with Crippen molar-refractivity contribution >= 4 is 6.09 Å². The van der Waals surface area contributed by atoms with E-state index < -0.39 is 25.9 Å². The van der Waals surface area contributed by atoms with Gasteiger partial charge in [-0.15, -0.1) is 0 Å². The second kappa shape index (κ2) is 5.24. The topological polar surface area (TPSA) is 47.6 Å². The molecule has 15 heavy (non-hydrogen) atoms. The molecule has 1 amide bonds. The Kier molecular flexibility index (Phi) is 1.70. The maximum Gasteiger partial charge on any atom is 0.412 e. The lowest BCUT2D eigenvalue weighted by Crippen LogP contribution is -2.22. The van der Waals surface area contributed by atoms with E-state index in [9.17, 15) is 4.79 Å². The molecule has 1 aromatic carbocycles. The van der Waals surface area contributed by atoms with E-state index in [1.165, 1.54) is 31.3 Å². The first-order valence-corrected chi connectivity index (χ1v) is 4.10. The summed E-state index contributed by atoms with van der Waals surface area (Å²) in [7, 11) is 1.31. The van der Waals surface area contributed by atoms with E-state index in [0.29, 0.717) is 0 Å². The first-order chi connectivity index (χ1) is 9.92. The van der Waals surface area contributed by atoms with E-state index in [0.717, 1.165) is 0 Å². The standard InChI is InChI=1S/C11H15NO3/c1-8(2)14-9-6-4-5-7-10(9)15-11(13)12-3/h4-8H,1-3H3,(H,12,13)/i1D3,2D3,8D. The van der Waals surface area contributed by atoms with Crippen molar-refractivity contribution in [2.75, 3.05) is 7.05 Å². The van der Waals surface area contributed by atoms with Crippen LogP contribution in [0.15, 0.2) is 24.3 Å². The van der Waals surface area contributed by atoms with Gasteiger partial charge in [-0.1, -0.05) is 12.1 Å². The van der Waals surface area contributed by atoms with E-state index in [2.05, 4.69) is 5.32 Å². The van der Waals surface area contributed by atoms with Crippen LogP contribution in [-0.4, -0.2) is 19.2 Å². The SMILES string of the molecule is [2H]C([2H])([2H])C([2H])(Oc1ccccc1OC(=O)NC)C([2H])([2H])[2H]. The quantitative estimate of drug-likeness (QED) is 0.842. The second-order valence-corrected chi connectivity index (χ2v) is 2.52. The zero-order valence-corrected chi connectivity index (χ0v) is 8.03. The summed E-state index contributed by atoms with van der Waals surface area (Å²) in [6.07, 6.45) is -4.06. The van der Waals surface area contributed by atoms with Crippen LogP contribution in [0.25, 0.3) is 0 Å². The Balaban J connectivity index is 3.24. The fourth-order valence-electron chi connectivity index (χ4n) is 0.880. The van der Waals surface area contributed by atoms with E-state index in [1.807, 2.05) is 0 Å². The largest absolute Gasteiger partial charge is 0.487 e. The summed E-state index contributed by atoms with van der Waals surface area (Å²) in [6.45, 7) is -6.50. The van der Waals surface area contributed by atoms with Crippen LogP contribution in [-0.2, 0) is 0 Å². The molecule has 0 bridgehead atoms. The first kappa shape index (κ1) is 4.88. The molecule has 0 aliphatic carbocycles. The molecule has 82 valence electrons. The molecule has 1 aromatic rings. The lowest BCUT2D eigenvalue weighted by atomic mass is 10.3. The van der Waals surface area contributed by atoms with Crippen LogP contribution in [0.3, 0.4) is 0 Å². The summed E-state index contributed by atoms with van der Waals surface area (Å²) < 4.78 is 61.2. The number of nitrogens with one attached hydrogen (secondary N) is 1. The summed E-state index contributed by atoms with van der Waals surface area (Å²) in [6, 6.07) is 5.38. The smallest absolute Gasteiger partial charge is 0.412 e. The molecule has 0 atom stereocenters. The van der Waals surface area contributed by atoms with E-state index in [4.69, 9.17) is 19.1 Å². The van der Waals surface area contributed by atoms with Gasteiger partial charge in [0, 0.05) is 15.3 Å². The molecule has 0 unspecified atom stereocenters. The first-order valence-electron chi connectivity index (χ1n) is 7.60. The van der Waals surface area contributed by atoms with Gasteiger partial charge in [0.25, 0.3) is 0 Å². The fraction of sp³-hybridized carbons (Fsp3) is 0.364. The lowest BCUT2D eigenvalue weighted by molar-refractivity contribution is 0.194. The predicted molar refractivity (Wildman–Crippen MR) is 57.3 cm³/mol. The van der Waals surface area contributed by atoms with Crippen LogP contribution in [0, 0.1) is 0 Å². The van der Waals surface area contributed by atoms with Crippen molar-refractivity contribution in [2.24, 2.45) is 0 Å². The molecule has 0 heterocycles. The number of carbonyl (C=O) groups is 1. The van der Waals surface area contributed by atoms with Crippen molar-refractivity contribution in [2.45, 2.75) is 19.8 Å². The van der Waals surface area contributed by atoms with E-state index in [1.54, 1.807) is 0 Å². The number of benzene rings is 1. The van der Waals surface area contributed by atoms with E-state index in [-0.39, 0.29) is 11.5 Å². The van der Waals surface area contributed by atoms with Crippen molar-refractivity contribution in [3.63, 3.8) is 0 Å². The number of para-hydroxylation sites is 2.